The SMILES string of the molecule is NC[C@@H]1CN[C@@H](COC2(C(N)=O)CCC3CN2C(=O)N3OS(=O)(=O)O)C1. The average Bonchev–Trinajstić information content (AvgIpc) is 3.12. The van der Waals surface area contributed by atoms with Crippen LogP contribution in [-0.4, -0.2) is 78.9 Å². The Balaban J connectivity index is 1.74. The second-order valence-electron chi connectivity index (χ2n) is 6.82. The van der Waals surface area contributed by atoms with E-state index in [9.17, 15) is 18.0 Å². The minimum Gasteiger partial charge on any atom is -0.365 e. The standard InChI is InChI=1S/C13H23N5O7S/c14-4-8-3-9(16-5-8)7-24-13(11(15)19)2-1-10-6-17(13)12(20)18(10)25-26(21,22)23/h8-10,16H,1-7,14H2,(H2,15,19)(H,21,22,23)/t8-,9-,10?,13?/m1/s1. The van der Waals surface area contributed by atoms with E-state index in [2.05, 4.69) is 9.60 Å². The van der Waals surface area contributed by atoms with E-state index >= 15 is 0 Å². The second kappa shape index (κ2) is 6.90. The van der Waals surface area contributed by atoms with Gasteiger partial charge in [-0.1, -0.05) is 0 Å². The number of nitrogens with two attached hydrogens (primary N) is 2. The molecule has 3 aliphatic rings. The van der Waals surface area contributed by atoms with Gasteiger partial charge in [0.1, 0.15) is 0 Å². The zero-order chi connectivity index (χ0) is 19.1. The largest absolute Gasteiger partial charge is 0.418 e. The second-order valence-corrected chi connectivity index (χ2v) is 7.82. The van der Waals surface area contributed by atoms with Crippen molar-refractivity contribution >= 4 is 22.3 Å². The monoisotopic (exact) mass is 393 g/mol. The predicted octanol–water partition coefficient (Wildman–Crippen LogP) is -2.24. The molecule has 2 bridgehead atoms. The third-order valence-electron chi connectivity index (χ3n) is 5.13. The smallest absolute Gasteiger partial charge is 0.365 e. The van der Waals surface area contributed by atoms with Gasteiger partial charge in [0.2, 0.25) is 5.72 Å². The van der Waals surface area contributed by atoms with Gasteiger partial charge in [-0.25, -0.2) is 4.79 Å². The summed E-state index contributed by atoms with van der Waals surface area (Å²) in [5.41, 5.74) is 9.49. The molecule has 0 radical (unpaired) electrons. The van der Waals surface area contributed by atoms with Crippen LogP contribution in [0.15, 0.2) is 0 Å². The number of urea groups is 1. The summed E-state index contributed by atoms with van der Waals surface area (Å²) in [7, 11) is -4.87. The number of hydrogen-bond donors (Lipinski definition) is 4. The summed E-state index contributed by atoms with van der Waals surface area (Å²) in [6, 6.07) is -1.56. The Morgan fingerprint density at radius 2 is 2.19 bits per heavy atom. The Kier molecular flexibility index (Phi) is 5.11. The number of nitrogens with zero attached hydrogens (tertiary/aromatic N) is 2. The van der Waals surface area contributed by atoms with Gasteiger partial charge < -0.3 is 21.5 Å². The number of ether oxygens (including phenoxy) is 1. The van der Waals surface area contributed by atoms with Crippen molar-refractivity contribution in [3.8, 4) is 0 Å². The lowest BCUT2D eigenvalue weighted by molar-refractivity contribution is -0.175. The molecule has 0 spiro atoms. The molecule has 3 heterocycles. The number of carbonyl (C=O) groups is 2. The van der Waals surface area contributed by atoms with E-state index in [1.807, 2.05) is 0 Å². The summed E-state index contributed by atoms with van der Waals surface area (Å²) in [4.78, 5) is 25.7. The van der Waals surface area contributed by atoms with Crippen LogP contribution in [0, 0.1) is 5.92 Å². The van der Waals surface area contributed by atoms with E-state index in [1.165, 1.54) is 0 Å². The molecule has 13 heteroatoms. The zero-order valence-corrected chi connectivity index (χ0v) is 14.9. The van der Waals surface area contributed by atoms with Crippen LogP contribution >= 0.6 is 0 Å². The first-order valence-corrected chi connectivity index (χ1v) is 9.68. The Morgan fingerprint density at radius 1 is 1.46 bits per heavy atom. The fourth-order valence-electron chi connectivity index (χ4n) is 3.76. The summed E-state index contributed by atoms with van der Waals surface area (Å²) < 4.78 is 40.9. The van der Waals surface area contributed by atoms with E-state index in [1.54, 1.807) is 0 Å². The van der Waals surface area contributed by atoms with Gasteiger partial charge in [0.25, 0.3) is 5.91 Å². The van der Waals surface area contributed by atoms with Crippen molar-refractivity contribution in [3.63, 3.8) is 0 Å². The number of amides is 3. The van der Waals surface area contributed by atoms with Crippen molar-refractivity contribution in [2.45, 2.75) is 37.1 Å². The fraction of sp³-hybridized carbons (Fsp3) is 0.846. The Labute approximate surface area is 150 Å². The Morgan fingerprint density at radius 3 is 2.77 bits per heavy atom. The summed E-state index contributed by atoms with van der Waals surface area (Å²) in [5.74, 6) is -0.526. The third kappa shape index (κ3) is 3.50. The topological polar surface area (TPSA) is 178 Å². The molecular weight excluding hydrogens is 370 g/mol. The number of piperidine rings is 1. The number of nitrogens with one attached hydrogen (secondary N) is 1. The van der Waals surface area contributed by atoms with Gasteiger partial charge in [0, 0.05) is 19.0 Å². The molecule has 6 N–H and O–H groups in total. The van der Waals surface area contributed by atoms with Crippen molar-refractivity contribution < 1.29 is 31.6 Å². The summed E-state index contributed by atoms with van der Waals surface area (Å²) >= 11 is 0. The highest BCUT2D eigenvalue weighted by molar-refractivity contribution is 7.80. The maximum atomic E-state index is 12.5. The van der Waals surface area contributed by atoms with Crippen molar-refractivity contribution in [2.75, 3.05) is 26.2 Å². The number of hydrogen-bond acceptors (Lipinski definition) is 8. The van der Waals surface area contributed by atoms with E-state index in [4.69, 9.17) is 20.8 Å². The van der Waals surface area contributed by atoms with Gasteiger partial charge in [-0.3, -0.25) is 14.2 Å². The van der Waals surface area contributed by atoms with Gasteiger partial charge in [-0.2, -0.15) is 13.5 Å². The van der Waals surface area contributed by atoms with Gasteiger partial charge >= 0.3 is 16.4 Å². The molecule has 0 saturated carbocycles. The highest BCUT2D eigenvalue weighted by Gasteiger charge is 2.58. The molecule has 3 saturated heterocycles. The molecular formula is C13H23N5O7S. The third-order valence-corrected chi connectivity index (χ3v) is 5.48. The zero-order valence-electron chi connectivity index (χ0n) is 14.0. The molecule has 0 aromatic heterocycles. The first-order chi connectivity index (χ1) is 12.2. The van der Waals surface area contributed by atoms with Crippen LogP contribution in [0.3, 0.4) is 0 Å². The number of rotatable bonds is 7. The first kappa shape index (κ1) is 19.3. The highest BCUT2D eigenvalue weighted by Crippen LogP contribution is 2.38. The lowest BCUT2D eigenvalue weighted by atomic mass is 9.96. The highest BCUT2D eigenvalue weighted by atomic mass is 32.3. The number of carbonyl (C=O) groups excluding carboxylic acids is 2. The molecule has 26 heavy (non-hydrogen) atoms. The molecule has 0 aromatic carbocycles. The van der Waals surface area contributed by atoms with Crippen LogP contribution in [0.4, 0.5) is 4.79 Å². The maximum Gasteiger partial charge on any atom is 0.418 e. The fourth-order valence-corrected chi connectivity index (χ4v) is 4.15. The Bertz CT molecular complexity index is 688. The van der Waals surface area contributed by atoms with Crippen LogP contribution in [0.1, 0.15) is 19.3 Å². The number of hydroxylamine groups is 2. The maximum absolute atomic E-state index is 12.5. The van der Waals surface area contributed by atoms with E-state index in [-0.39, 0.29) is 32.0 Å². The summed E-state index contributed by atoms with van der Waals surface area (Å²) in [6.45, 7) is 1.43. The van der Waals surface area contributed by atoms with Crippen molar-refractivity contribution in [2.24, 2.45) is 17.4 Å². The number of primary amides is 1. The van der Waals surface area contributed by atoms with Crippen molar-refractivity contribution in [1.82, 2.24) is 15.3 Å². The van der Waals surface area contributed by atoms with Crippen LogP contribution < -0.4 is 16.8 Å². The van der Waals surface area contributed by atoms with Gasteiger partial charge in [-0.15, -0.1) is 4.28 Å². The molecule has 12 nitrogen and oxygen atoms in total. The average molecular weight is 393 g/mol. The summed E-state index contributed by atoms with van der Waals surface area (Å²) in [6.07, 6.45) is 1.10. The molecule has 3 aliphatic heterocycles. The van der Waals surface area contributed by atoms with Crippen LogP contribution in [0.2, 0.25) is 0 Å². The van der Waals surface area contributed by atoms with E-state index < -0.39 is 34.1 Å². The molecule has 3 fully saturated rings. The van der Waals surface area contributed by atoms with E-state index in [0.717, 1.165) is 17.9 Å². The van der Waals surface area contributed by atoms with Gasteiger partial charge in [-0.05, 0) is 31.8 Å². The lowest BCUT2D eigenvalue weighted by Crippen LogP contribution is -2.62. The quantitative estimate of drug-likeness (QED) is 0.348. The predicted molar refractivity (Wildman–Crippen MR) is 86.4 cm³/mol. The molecule has 3 amide bonds. The minimum absolute atomic E-state index is 0.000807. The van der Waals surface area contributed by atoms with Crippen molar-refractivity contribution in [3.05, 3.63) is 0 Å². The molecule has 2 unspecified atom stereocenters. The van der Waals surface area contributed by atoms with Gasteiger partial charge in [0.15, 0.2) is 0 Å². The van der Waals surface area contributed by atoms with Crippen LogP contribution in [0.5, 0.6) is 0 Å². The van der Waals surface area contributed by atoms with Crippen LogP contribution in [-0.2, 0) is 24.2 Å². The van der Waals surface area contributed by atoms with E-state index in [0.29, 0.717) is 17.5 Å². The Hall–Kier alpha value is -1.51. The normalized spacial score (nSPS) is 34.5. The molecule has 148 valence electrons. The summed E-state index contributed by atoms with van der Waals surface area (Å²) in [5, 5.41) is 3.78. The molecule has 0 aromatic rings. The lowest BCUT2D eigenvalue weighted by Gasteiger charge is -2.40. The molecule has 4 atom stereocenters. The molecule has 3 rings (SSSR count). The molecule has 0 aliphatic carbocycles. The van der Waals surface area contributed by atoms with Crippen molar-refractivity contribution in [1.29, 1.82) is 0 Å². The minimum atomic E-state index is -4.87. The first-order valence-electron chi connectivity index (χ1n) is 8.31. The van der Waals surface area contributed by atoms with Gasteiger partial charge in [0.05, 0.1) is 12.6 Å². The number of fused-ring (bicyclic) bond motifs is 2. The van der Waals surface area contributed by atoms with Crippen LogP contribution in [0.25, 0.3) is 0 Å².